The van der Waals surface area contributed by atoms with Crippen LogP contribution in [0.4, 0.5) is 14.5 Å². The molecule has 0 heterocycles. The van der Waals surface area contributed by atoms with Gasteiger partial charge in [0.15, 0.2) is 0 Å². The highest BCUT2D eigenvalue weighted by Crippen LogP contribution is 2.30. The summed E-state index contributed by atoms with van der Waals surface area (Å²) in [6, 6.07) is 8.56. The predicted molar refractivity (Wildman–Crippen MR) is 63.9 cm³/mol. The third-order valence-corrected chi connectivity index (χ3v) is 2.73. The van der Waals surface area contributed by atoms with Gasteiger partial charge in [0.1, 0.15) is 11.6 Å². The second kappa shape index (κ2) is 4.22. The smallest absolute Gasteiger partial charge is 0.134 e. The number of hydrogen-bond donors (Lipinski definition) is 1. The number of nitrogen functional groups attached to an aromatic ring is 1. The average Bonchev–Trinajstić information content (AvgIpc) is 2.19. The Hall–Kier alpha value is -1.42. The summed E-state index contributed by atoms with van der Waals surface area (Å²) in [5, 5.41) is 0. The molecular weight excluding hydrogens is 276 g/mol. The standard InChI is InChI=1S/C12H8BrF2N/c13-7-1-3-10(12(16)5-7)9-4-2-8(14)6-11(9)15/h1-6H,16H2. The Morgan fingerprint density at radius 3 is 2.25 bits per heavy atom. The molecule has 0 saturated heterocycles. The van der Waals surface area contributed by atoms with Crippen LogP contribution in [0.2, 0.25) is 0 Å². The molecule has 2 N–H and O–H groups in total. The van der Waals surface area contributed by atoms with Crippen LogP contribution < -0.4 is 5.73 Å². The molecule has 0 unspecified atom stereocenters. The van der Waals surface area contributed by atoms with Gasteiger partial charge in [-0.3, -0.25) is 0 Å². The average molecular weight is 284 g/mol. The van der Waals surface area contributed by atoms with Crippen LogP contribution in [0.1, 0.15) is 0 Å². The Morgan fingerprint density at radius 2 is 1.62 bits per heavy atom. The summed E-state index contributed by atoms with van der Waals surface area (Å²) in [4.78, 5) is 0. The number of nitrogens with two attached hydrogens (primary N) is 1. The van der Waals surface area contributed by atoms with E-state index in [9.17, 15) is 8.78 Å². The summed E-state index contributed by atoms with van der Waals surface area (Å²) in [7, 11) is 0. The molecule has 0 amide bonds. The van der Waals surface area contributed by atoms with Crippen molar-refractivity contribution < 1.29 is 8.78 Å². The zero-order chi connectivity index (χ0) is 11.7. The van der Waals surface area contributed by atoms with Gasteiger partial charge in [-0.25, -0.2) is 8.78 Å². The first-order valence-corrected chi connectivity index (χ1v) is 5.37. The quantitative estimate of drug-likeness (QED) is 0.788. The lowest BCUT2D eigenvalue weighted by Gasteiger charge is -2.07. The number of rotatable bonds is 1. The van der Waals surface area contributed by atoms with E-state index in [0.717, 1.165) is 10.5 Å². The van der Waals surface area contributed by atoms with E-state index < -0.39 is 11.6 Å². The molecule has 1 nitrogen and oxygen atoms in total. The van der Waals surface area contributed by atoms with Crippen LogP contribution >= 0.6 is 15.9 Å². The first kappa shape index (κ1) is 11.1. The first-order valence-electron chi connectivity index (χ1n) is 4.58. The van der Waals surface area contributed by atoms with E-state index in [4.69, 9.17) is 5.73 Å². The topological polar surface area (TPSA) is 26.0 Å². The summed E-state index contributed by atoms with van der Waals surface area (Å²) in [6.45, 7) is 0. The van der Waals surface area contributed by atoms with Crippen LogP contribution in [0.15, 0.2) is 40.9 Å². The zero-order valence-electron chi connectivity index (χ0n) is 8.18. The summed E-state index contributed by atoms with van der Waals surface area (Å²) >= 11 is 3.27. The highest BCUT2D eigenvalue weighted by Gasteiger charge is 2.09. The van der Waals surface area contributed by atoms with Crippen LogP contribution in [0.5, 0.6) is 0 Å². The monoisotopic (exact) mass is 283 g/mol. The Morgan fingerprint density at radius 1 is 0.938 bits per heavy atom. The van der Waals surface area contributed by atoms with Crippen molar-refractivity contribution in [2.75, 3.05) is 5.73 Å². The lowest BCUT2D eigenvalue weighted by molar-refractivity contribution is 0.585. The lowest BCUT2D eigenvalue weighted by atomic mass is 10.0. The van der Waals surface area contributed by atoms with Crippen molar-refractivity contribution in [2.45, 2.75) is 0 Å². The van der Waals surface area contributed by atoms with Crippen molar-refractivity contribution in [3.63, 3.8) is 0 Å². The maximum atomic E-state index is 13.5. The minimum Gasteiger partial charge on any atom is -0.398 e. The molecule has 82 valence electrons. The zero-order valence-corrected chi connectivity index (χ0v) is 9.76. The first-order chi connectivity index (χ1) is 7.58. The van der Waals surface area contributed by atoms with Crippen molar-refractivity contribution in [2.24, 2.45) is 0 Å². The molecule has 0 aromatic heterocycles. The molecule has 0 aliphatic heterocycles. The minimum atomic E-state index is -0.617. The van der Waals surface area contributed by atoms with Gasteiger partial charge >= 0.3 is 0 Å². The van der Waals surface area contributed by atoms with E-state index in [1.807, 2.05) is 0 Å². The molecule has 0 atom stereocenters. The summed E-state index contributed by atoms with van der Waals surface area (Å²) in [6.07, 6.45) is 0. The largest absolute Gasteiger partial charge is 0.398 e. The van der Waals surface area contributed by atoms with Crippen molar-refractivity contribution in [1.29, 1.82) is 0 Å². The number of halogens is 3. The maximum Gasteiger partial charge on any atom is 0.134 e. The van der Waals surface area contributed by atoms with Gasteiger partial charge < -0.3 is 5.73 Å². The maximum absolute atomic E-state index is 13.5. The summed E-state index contributed by atoms with van der Waals surface area (Å²) in [5.41, 5.74) is 7.07. The lowest BCUT2D eigenvalue weighted by Crippen LogP contribution is -1.93. The highest BCUT2D eigenvalue weighted by molar-refractivity contribution is 9.10. The van der Waals surface area contributed by atoms with Crippen molar-refractivity contribution in [3.05, 3.63) is 52.5 Å². The van der Waals surface area contributed by atoms with Crippen molar-refractivity contribution in [1.82, 2.24) is 0 Å². The Kier molecular flexibility index (Phi) is 2.92. The van der Waals surface area contributed by atoms with E-state index in [0.29, 0.717) is 16.8 Å². The molecule has 0 aliphatic rings. The van der Waals surface area contributed by atoms with Gasteiger partial charge in [0.05, 0.1) is 0 Å². The van der Waals surface area contributed by atoms with E-state index in [1.165, 1.54) is 12.1 Å². The van der Waals surface area contributed by atoms with Crippen LogP contribution in [0, 0.1) is 11.6 Å². The number of anilines is 1. The van der Waals surface area contributed by atoms with E-state index in [-0.39, 0.29) is 0 Å². The summed E-state index contributed by atoms with van der Waals surface area (Å²) < 4.78 is 27.1. The predicted octanol–water partition coefficient (Wildman–Crippen LogP) is 3.98. The molecule has 16 heavy (non-hydrogen) atoms. The fraction of sp³-hybridized carbons (Fsp3) is 0. The second-order valence-corrected chi connectivity index (χ2v) is 4.27. The molecule has 0 aliphatic carbocycles. The Bertz CT molecular complexity index is 491. The highest BCUT2D eigenvalue weighted by atomic mass is 79.9. The van der Waals surface area contributed by atoms with Crippen molar-refractivity contribution >= 4 is 21.6 Å². The van der Waals surface area contributed by atoms with Gasteiger partial charge in [0, 0.05) is 27.4 Å². The molecule has 0 spiro atoms. The third kappa shape index (κ3) is 2.07. The molecule has 2 aromatic carbocycles. The van der Waals surface area contributed by atoms with Gasteiger partial charge in [0.25, 0.3) is 0 Å². The molecule has 0 bridgehead atoms. The van der Waals surface area contributed by atoms with Crippen molar-refractivity contribution in [3.8, 4) is 11.1 Å². The number of hydrogen-bond acceptors (Lipinski definition) is 1. The third-order valence-electron chi connectivity index (χ3n) is 2.23. The Labute approximate surface area is 100 Å². The molecule has 2 rings (SSSR count). The number of benzene rings is 2. The molecule has 4 heteroatoms. The minimum absolute atomic E-state index is 0.298. The van der Waals surface area contributed by atoms with E-state index in [2.05, 4.69) is 15.9 Å². The SMILES string of the molecule is Nc1cc(Br)ccc1-c1ccc(F)cc1F. The molecular formula is C12H8BrF2N. The fourth-order valence-electron chi connectivity index (χ4n) is 1.49. The molecule has 0 fully saturated rings. The van der Waals surface area contributed by atoms with Crippen LogP contribution in [-0.2, 0) is 0 Å². The van der Waals surface area contributed by atoms with Gasteiger partial charge in [-0.15, -0.1) is 0 Å². The van der Waals surface area contributed by atoms with E-state index >= 15 is 0 Å². The van der Waals surface area contributed by atoms with Crippen LogP contribution in [0.25, 0.3) is 11.1 Å². The van der Waals surface area contributed by atoms with Gasteiger partial charge in [0.2, 0.25) is 0 Å². The summed E-state index contributed by atoms with van der Waals surface area (Å²) in [5.74, 6) is -1.22. The molecule has 0 saturated carbocycles. The normalized spacial score (nSPS) is 10.4. The Balaban J connectivity index is 2.59. The van der Waals surface area contributed by atoms with Gasteiger partial charge in [-0.2, -0.15) is 0 Å². The van der Waals surface area contributed by atoms with Gasteiger partial charge in [-0.05, 0) is 24.3 Å². The van der Waals surface area contributed by atoms with Crippen LogP contribution in [-0.4, -0.2) is 0 Å². The molecule has 2 aromatic rings. The fourth-order valence-corrected chi connectivity index (χ4v) is 1.87. The second-order valence-electron chi connectivity index (χ2n) is 3.36. The van der Waals surface area contributed by atoms with Gasteiger partial charge in [-0.1, -0.05) is 22.0 Å². The van der Waals surface area contributed by atoms with E-state index in [1.54, 1.807) is 18.2 Å². The molecule has 0 radical (unpaired) electrons. The van der Waals surface area contributed by atoms with Crippen LogP contribution in [0.3, 0.4) is 0 Å².